The Morgan fingerprint density at radius 3 is 2.76 bits per heavy atom. The number of anilines is 2. The number of hydrogen-bond donors (Lipinski definition) is 3. The molecule has 1 aromatic heterocycles. The summed E-state index contributed by atoms with van der Waals surface area (Å²) in [6, 6.07) is 3.14. The lowest BCUT2D eigenvalue weighted by atomic mass is 10.1. The average molecular weight is 309 g/mol. The zero-order chi connectivity index (χ0) is 15.6. The molecule has 0 atom stereocenters. The zero-order valence-corrected chi connectivity index (χ0v) is 12.4. The molecule has 0 spiro atoms. The van der Waals surface area contributed by atoms with Gasteiger partial charge >= 0.3 is 10.2 Å². The maximum atomic E-state index is 12.0. The van der Waals surface area contributed by atoms with Gasteiger partial charge in [0.15, 0.2) is 0 Å². The van der Waals surface area contributed by atoms with Crippen molar-refractivity contribution >= 4 is 33.3 Å². The minimum Gasteiger partial charge on any atom is -0.384 e. The second-order valence-corrected chi connectivity index (χ2v) is 5.89. The van der Waals surface area contributed by atoms with E-state index in [1.807, 2.05) is 0 Å². The van der Waals surface area contributed by atoms with Crippen LogP contribution in [0.1, 0.15) is 20.3 Å². The molecular formula is C12H15N5O3S. The molecule has 2 heterocycles. The Morgan fingerprint density at radius 2 is 2.14 bits per heavy atom. The number of nitrogens with two attached hydrogens (primary N) is 1. The Morgan fingerprint density at radius 1 is 1.43 bits per heavy atom. The summed E-state index contributed by atoms with van der Waals surface area (Å²) in [6.45, 7) is 3.14. The molecule has 8 nitrogen and oxygen atoms in total. The number of carbonyl (C=O) groups is 1. The molecule has 0 saturated heterocycles. The minimum absolute atomic E-state index is 0.00587. The van der Waals surface area contributed by atoms with Crippen molar-refractivity contribution in [3.63, 3.8) is 0 Å². The van der Waals surface area contributed by atoms with E-state index in [9.17, 15) is 13.2 Å². The highest BCUT2D eigenvalue weighted by Crippen LogP contribution is 2.18. The molecule has 9 heteroatoms. The number of nitrogens with zero attached hydrogens (tertiary/aromatic N) is 2. The molecule has 0 unspecified atom stereocenters. The molecule has 1 aliphatic heterocycles. The lowest BCUT2D eigenvalue weighted by Gasteiger charge is -2.17. The number of nitrogen functional groups attached to an aromatic ring is 1. The molecule has 0 saturated carbocycles. The lowest BCUT2D eigenvalue weighted by Crippen LogP contribution is -2.29. The second kappa shape index (κ2) is 5.52. The highest BCUT2D eigenvalue weighted by atomic mass is 32.2. The number of nitrogens with one attached hydrogen (secondary N) is 2. The third-order valence-corrected chi connectivity index (χ3v) is 3.91. The van der Waals surface area contributed by atoms with Crippen molar-refractivity contribution in [1.29, 1.82) is 0 Å². The van der Waals surface area contributed by atoms with Crippen LogP contribution in [-0.2, 0) is 15.0 Å². The van der Waals surface area contributed by atoms with E-state index in [0.717, 1.165) is 0 Å². The number of hydrogen-bond acceptors (Lipinski definition) is 5. The van der Waals surface area contributed by atoms with Crippen molar-refractivity contribution in [1.82, 2.24) is 9.71 Å². The fourth-order valence-corrected chi connectivity index (χ4v) is 2.96. The summed E-state index contributed by atoms with van der Waals surface area (Å²) in [6.07, 6.45) is 1.49. The van der Waals surface area contributed by atoms with E-state index >= 15 is 0 Å². The number of allylic oxidation sites excluding steroid dienone is 1. The van der Waals surface area contributed by atoms with Crippen LogP contribution in [0, 0.1) is 0 Å². The molecule has 0 aliphatic carbocycles. The first kappa shape index (κ1) is 15.0. The smallest absolute Gasteiger partial charge is 0.342 e. The van der Waals surface area contributed by atoms with Crippen molar-refractivity contribution in [2.24, 2.45) is 4.40 Å². The average Bonchev–Trinajstić information content (AvgIpc) is 2.32. The van der Waals surface area contributed by atoms with Crippen LogP contribution in [0.4, 0.5) is 11.5 Å². The third kappa shape index (κ3) is 3.78. The van der Waals surface area contributed by atoms with Crippen LogP contribution in [-0.4, -0.2) is 25.0 Å². The van der Waals surface area contributed by atoms with E-state index in [0.29, 0.717) is 28.5 Å². The number of amides is 1. The summed E-state index contributed by atoms with van der Waals surface area (Å²) >= 11 is 0. The van der Waals surface area contributed by atoms with Crippen LogP contribution in [0.2, 0.25) is 0 Å². The van der Waals surface area contributed by atoms with Gasteiger partial charge in [-0.3, -0.25) is 9.52 Å². The van der Waals surface area contributed by atoms with Crippen LogP contribution < -0.4 is 15.8 Å². The first-order chi connectivity index (χ1) is 9.77. The Bertz CT molecular complexity index is 752. The summed E-state index contributed by atoms with van der Waals surface area (Å²) in [5.74, 6) is -0.00281. The molecule has 112 valence electrons. The van der Waals surface area contributed by atoms with Crippen LogP contribution in [0.3, 0.4) is 0 Å². The Kier molecular flexibility index (Phi) is 3.94. The van der Waals surface area contributed by atoms with Crippen molar-refractivity contribution in [2.45, 2.75) is 20.3 Å². The van der Waals surface area contributed by atoms with Gasteiger partial charge in [-0.05, 0) is 19.9 Å². The number of aromatic nitrogens is 1. The van der Waals surface area contributed by atoms with E-state index in [1.165, 1.54) is 12.3 Å². The first-order valence-corrected chi connectivity index (χ1v) is 7.51. The molecule has 0 aromatic carbocycles. The topological polar surface area (TPSA) is 127 Å². The van der Waals surface area contributed by atoms with Gasteiger partial charge in [-0.25, -0.2) is 4.98 Å². The highest BCUT2D eigenvalue weighted by molar-refractivity contribution is 7.88. The van der Waals surface area contributed by atoms with Gasteiger partial charge in [0.2, 0.25) is 5.91 Å². The molecule has 0 bridgehead atoms. The Balaban J connectivity index is 2.12. The summed E-state index contributed by atoms with van der Waals surface area (Å²) in [7, 11) is -3.69. The predicted molar refractivity (Wildman–Crippen MR) is 79.8 cm³/mol. The van der Waals surface area contributed by atoms with Crippen LogP contribution in [0.5, 0.6) is 0 Å². The van der Waals surface area contributed by atoms with E-state index in [2.05, 4.69) is 19.4 Å². The van der Waals surface area contributed by atoms with E-state index in [1.54, 1.807) is 19.9 Å². The van der Waals surface area contributed by atoms with Crippen molar-refractivity contribution < 1.29 is 13.2 Å². The number of pyridine rings is 1. The van der Waals surface area contributed by atoms with Crippen LogP contribution >= 0.6 is 0 Å². The SMILES string of the molecule is CC1=NS(=O)(=O)NC(C)=C1CC(=O)Nc1ccnc(N)c1. The molecule has 2 rings (SSSR count). The molecule has 1 aromatic rings. The fourth-order valence-electron chi connectivity index (χ4n) is 1.94. The van der Waals surface area contributed by atoms with Gasteiger partial charge in [0, 0.05) is 29.2 Å². The first-order valence-electron chi connectivity index (χ1n) is 6.07. The normalized spacial score (nSPS) is 17.0. The Labute approximate surface area is 122 Å². The highest BCUT2D eigenvalue weighted by Gasteiger charge is 2.22. The monoisotopic (exact) mass is 309 g/mol. The number of carbonyl (C=O) groups excluding carboxylic acids is 1. The van der Waals surface area contributed by atoms with Crippen molar-refractivity contribution in [3.8, 4) is 0 Å². The summed E-state index contributed by atoms with van der Waals surface area (Å²) in [5, 5.41) is 2.67. The lowest BCUT2D eigenvalue weighted by molar-refractivity contribution is -0.115. The molecule has 1 amide bonds. The molecule has 21 heavy (non-hydrogen) atoms. The number of rotatable bonds is 3. The fraction of sp³-hybridized carbons (Fsp3) is 0.250. The van der Waals surface area contributed by atoms with Crippen molar-refractivity contribution in [3.05, 3.63) is 29.6 Å². The van der Waals surface area contributed by atoms with Gasteiger partial charge in [0.25, 0.3) is 0 Å². The molecular weight excluding hydrogens is 294 g/mol. The summed E-state index contributed by atoms with van der Waals surface area (Å²) in [5.41, 5.74) is 7.29. The quantitative estimate of drug-likeness (QED) is 0.752. The second-order valence-electron chi connectivity index (χ2n) is 4.55. The molecule has 1 aliphatic rings. The Hall–Kier alpha value is -2.42. The van der Waals surface area contributed by atoms with Gasteiger partial charge in [-0.1, -0.05) is 0 Å². The largest absolute Gasteiger partial charge is 0.384 e. The van der Waals surface area contributed by atoms with E-state index in [4.69, 9.17) is 5.73 Å². The summed E-state index contributed by atoms with van der Waals surface area (Å²) in [4.78, 5) is 15.8. The molecule has 4 N–H and O–H groups in total. The van der Waals surface area contributed by atoms with E-state index < -0.39 is 10.2 Å². The van der Waals surface area contributed by atoms with Gasteiger partial charge in [-0.2, -0.15) is 8.42 Å². The van der Waals surface area contributed by atoms with Crippen LogP contribution in [0.25, 0.3) is 0 Å². The summed E-state index contributed by atoms with van der Waals surface area (Å²) < 4.78 is 28.6. The van der Waals surface area contributed by atoms with Gasteiger partial charge in [0.1, 0.15) is 5.82 Å². The maximum absolute atomic E-state index is 12.0. The van der Waals surface area contributed by atoms with Gasteiger partial charge in [0.05, 0.1) is 12.1 Å². The molecule has 0 fully saturated rings. The third-order valence-electron chi connectivity index (χ3n) is 2.83. The van der Waals surface area contributed by atoms with E-state index in [-0.39, 0.29) is 12.3 Å². The van der Waals surface area contributed by atoms with Gasteiger partial charge < -0.3 is 11.1 Å². The molecule has 0 radical (unpaired) electrons. The standard InChI is InChI=1S/C12H15N5O3S/c1-7-10(8(2)17-21(19,20)16-7)6-12(18)15-9-3-4-14-11(13)5-9/h3-5,16H,6H2,1-2H3,(H3,13,14,15,18). The minimum atomic E-state index is -3.69. The van der Waals surface area contributed by atoms with Crippen LogP contribution in [0.15, 0.2) is 34.0 Å². The van der Waals surface area contributed by atoms with Crippen molar-refractivity contribution in [2.75, 3.05) is 11.1 Å². The van der Waals surface area contributed by atoms with Gasteiger partial charge in [-0.15, -0.1) is 4.40 Å². The maximum Gasteiger partial charge on any atom is 0.342 e. The predicted octanol–water partition coefficient (Wildman–Crippen LogP) is 0.575. The zero-order valence-electron chi connectivity index (χ0n) is 11.5.